The van der Waals surface area contributed by atoms with Crippen molar-refractivity contribution in [3.63, 3.8) is 0 Å². The van der Waals surface area contributed by atoms with Gasteiger partial charge >= 0.3 is 6.18 Å². The second-order valence-corrected chi connectivity index (χ2v) is 3.68. The molecule has 0 radical (unpaired) electrons. The molecule has 0 saturated carbocycles. The van der Waals surface area contributed by atoms with Crippen LogP contribution in [0.25, 0.3) is 5.82 Å². The number of carbonyl (C=O) groups excluding carboxylic acids is 1. The SMILES string of the molecule is NC(=O)c1cc(N)cnc1-n1cc(C(F)(F)F)cn1. The van der Waals surface area contributed by atoms with Gasteiger partial charge in [-0.15, -0.1) is 0 Å². The summed E-state index contributed by atoms with van der Waals surface area (Å²) in [6.07, 6.45) is -2.00. The van der Waals surface area contributed by atoms with Crippen molar-refractivity contribution in [2.45, 2.75) is 6.18 Å². The van der Waals surface area contributed by atoms with Gasteiger partial charge in [0.15, 0.2) is 5.82 Å². The van der Waals surface area contributed by atoms with Crippen LogP contribution in [0.15, 0.2) is 24.7 Å². The minimum absolute atomic E-state index is 0.114. The van der Waals surface area contributed by atoms with Gasteiger partial charge in [-0.2, -0.15) is 18.3 Å². The van der Waals surface area contributed by atoms with Gasteiger partial charge in [-0.3, -0.25) is 4.79 Å². The molecule has 0 spiro atoms. The molecule has 0 aliphatic rings. The lowest BCUT2D eigenvalue weighted by atomic mass is 10.2. The van der Waals surface area contributed by atoms with E-state index in [1.165, 1.54) is 12.3 Å². The minimum Gasteiger partial charge on any atom is -0.397 e. The van der Waals surface area contributed by atoms with Crippen LogP contribution >= 0.6 is 0 Å². The number of nitrogen functional groups attached to an aromatic ring is 1. The van der Waals surface area contributed by atoms with Gasteiger partial charge < -0.3 is 11.5 Å². The molecule has 19 heavy (non-hydrogen) atoms. The van der Waals surface area contributed by atoms with Crippen molar-refractivity contribution in [3.05, 3.63) is 35.8 Å². The number of aromatic nitrogens is 3. The van der Waals surface area contributed by atoms with E-state index in [0.717, 1.165) is 4.68 Å². The van der Waals surface area contributed by atoms with E-state index in [2.05, 4.69) is 10.1 Å². The summed E-state index contributed by atoms with van der Waals surface area (Å²) in [6, 6.07) is 1.22. The fraction of sp³-hybridized carbons (Fsp3) is 0.100. The standard InChI is InChI=1S/C10H8F3N5O/c11-10(12,13)5-2-17-18(4-5)9-7(8(15)19)1-6(14)3-16-9/h1-4H,14H2,(H2,15,19). The molecule has 100 valence electrons. The minimum atomic E-state index is -4.53. The Kier molecular flexibility index (Phi) is 2.89. The summed E-state index contributed by atoms with van der Waals surface area (Å²) >= 11 is 0. The van der Waals surface area contributed by atoms with Gasteiger partial charge in [-0.25, -0.2) is 9.67 Å². The summed E-state index contributed by atoms with van der Waals surface area (Å²) in [4.78, 5) is 15.0. The Morgan fingerprint density at radius 2 is 2.00 bits per heavy atom. The molecule has 1 amide bonds. The van der Waals surface area contributed by atoms with Crippen LogP contribution in [0.2, 0.25) is 0 Å². The second kappa shape index (κ2) is 4.26. The quantitative estimate of drug-likeness (QED) is 0.849. The van der Waals surface area contributed by atoms with E-state index >= 15 is 0 Å². The first-order valence-corrected chi connectivity index (χ1v) is 4.96. The predicted octanol–water partition coefficient (Wildman–Crippen LogP) is 0.967. The zero-order valence-electron chi connectivity index (χ0n) is 9.35. The second-order valence-electron chi connectivity index (χ2n) is 3.68. The maximum Gasteiger partial charge on any atom is 0.419 e. The van der Waals surface area contributed by atoms with Crippen LogP contribution in [-0.4, -0.2) is 20.7 Å². The van der Waals surface area contributed by atoms with Gasteiger partial charge in [0.2, 0.25) is 0 Å². The van der Waals surface area contributed by atoms with E-state index in [1.54, 1.807) is 0 Å². The number of primary amides is 1. The smallest absolute Gasteiger partial charge is 0.397 e. The molecule has 0 bridgehead atoms. The Morgan fingerprint density at radius 3 is 2.53 bits per heavy atom. The monoisotopic (exact) mass is 271 g/mol. The van der Waals surface area contributed by atoms with Crippen LogP contribution in [0.5, 0.6) is 0 Å². The Morgan fingerprint density at radius 1 is 1.32 bits per heavy atom. The lowest BCUT2D eigenvalue weighted by Crippen LogP contribution is -2.16. The Labute approximate surface area is 104 Å². The number of pyridine rings is 1. The van der Waals surface area contributed by atoms with Gasteiger partial charge in [0, 0.05) is 6.20 Å². The number of nitrogens with two attached hydrogens (primary N) is 2. The molecule has 0 saturated heterocycles. The van der Waals surface area contributed by atoms with Crippen LogP contribution in [-0.2, 0) is 6.18 Å². The van der Waals surface area contributed by atoms with Gasteiger partial charge in [-0.05, 0) is 6.07 Å². The lowest BCUT2D eigenvalue weighted by molar-refractivity contribution is -0.137. The molecule has 9 heteroatoms. The van der Waals surface area contributed by atoms with Crippen LogP contribution < -0.4 is 11.5 Å². The van der Waals surface area contributed by atoms with Gasteiger partial charge in [0.05, 0.1) is 29.2 Å². The first-order chi connectivity index (χ1) is 8.79. The number of halogens is 3. The third-order valence-corrected chi connectivity index (χ3v) is 2.28. The fourth-order valence-corrected chi connectivity index (χ4v) is 1.42. The number of anilines is 1. The van der Waals surface area contributed by atoms with E-state index in [1.807, 2.05) is 0 Å². The number of hydrogen-bond donors (Lipinski definition) is 2. The zero-order valence-corrected chi connectivity index (χ0v) is 9.35. The summed E-state index contributed by atoms with van der Waals surface area (Å²) in [6.45, 7) is 0. The highest BCUT2D eigenvalue weighted by Gasteiger charge is 2.32. The third kappa shape index (κ3) is 2.49. The van der Waals surface area contributed by atoms with E-state index < -0.39 is 17.6 Å². The highest BCUT2D eigenvalue weighted by atomic mass is 19.4. The molecule has 6 nitrogen and oxygen atoms in total. The molecule has 0 aromatic carbocycles. The fourth-order valence-electron chi connectivity index (χ4n) is 1.42. The average molecular weight is 271 g/mol. The van der Waals surface area contributed by atoms with Crippen LogP contribution in [0, 0.1) is 0 Å². The topological polar surface area (TPSA) is 99.8 Å². The van der Waals surface area contributed by atoms with E-state index in [0.29, 0.717) is 12.4 Å². The predicted molar refractivity (Wildman–Crippen MR) is 59.3 cm³/mol. The number of alkyl halides is 3. The summed E-state index contributed by atoms with van der Waals surface area (Å²) in [5.74, 6) is -0.976. The molecule has 2 rings (SSSR count). The molecule has 0 aliphatic carbocycles. The largest absolute Gasteiger partial charge is 0.419 e. The number of nitrogens with zero attached hydrogens (tertiary/aromatic N) is 3. The summed E-state index contributed by atoms with van der Waals surface area (Å²) in [5, 5.41) is 3.51. The molecular formula is C10H8F3N5O. The Bertz CT molecular complexity index is 634. The molecule has 4 N–H and O–H groups in total. The van der Waals surface area contributed by atoms with E-state index in [4.69, 9.17) is 11.5 Å². The number of hydrogen-bond acceptors (Lipinski definition) is 4. The van der Waals surface area contributed by atoms with Crippen molar-refractivity contribution in [1.82, 2.24) is 14.8 Å². The number of carbonyl (C=O) groups is 1. The van der Waals surface area contributed by atoms with E-state index in [-0.39, 0.29) is 17.1 Å². The van der Waals surface area contributed by atoms with Gasteiger partial charge in [0.25, 0.3) is 5.91 Å². The molecular weight excluding hydrogens is 263 g/mol. The maximum atomic E-state index is 12.5. The number of amides is 1. The van der Waals surface area contributed by atoms with Crippen molar-refractivity contribution >= 4 is 11.6 Å². The number of rotatable bonds is 2. The van der Waals surface area contributed by atoms with E-state index in [9.17, 15) is 18.0 Å². The third-order valence-electron chi connectivity index (χ3n) is 2.28. The Balaban J connectivity index is 2.53. The lowest BCUT2D eigenvalue weighted by Gasteiger charge is -2.06. The van der Waals surface area contributed by atoms with Gasteiger partial charge in [0.1, 0.15) is 0 Å². The van der Waals surface area contributed by atoms with Gasteiger partial charge in [-0.1, -0.05) is 0 Å². The summed E-state index contributed by atoms with van der Waals surface area (Å²) < 4.78 is 38.2. The van der Waals surface area contributed by atoms with Crippen molar-refractivity contribution in [1.29, 1.82) is 0 Å². The molecule has 0 fully saturated rings. The molecule has 0 atom stereocenters. The highest BCUT2D eigenvalue weighted by Crippen LogP contribution is 2.29. The molecule has 0 unspecified atom stereocenters. The Hall–Kier alpha value is -2.58. The molecule has 0 aliphatic heterocycles. The average Bonchev–Trinajstić information content (AvgIpc) is 2.77. The first-order valence-electron chi connectivity index (χ1n) is 4.96. The maximum absolute atomic E-state index is 12.5. The summed E-state index contributed by atoms with van der Waals surface area (Å²) in [5.41, 5.74) is 9.65. The molecule has 2 aromatic rings. The van der Waals surface area contributed by atoms with Crippen molar-refractivity contribution in [2.24, 2.45) is 5.73 Å². The first kappa shape index (κ1) is 12.9. The van der Waals surface area contributed by atoms with Crippen molar-refractivity contribution in [2.75, 3.05) is 5.73 Å². The van der Waals surface area contributed by atoms with Crippen LogP contribution in [0.4, 0.5) is 18.9 Å². The zero-order chi connectivity index (χ0) is 14.2. The molecule has 2 heterocycles. The summed E-state index contributed by atoms with van der Waals surface area (Å²) in [7, 11) is 0. The van der Waals surface area contributed by atoms with Crippen molar-refractivity contribution in [3.8, 4) is 5.82 Å². The highest BCUT2D eigenvalue weighted by molar-refractivity contribution is 5.96. The normalized spacial score (nSPS) is 11.5. The van der Waals surface area contributed by atoms with Crippen LogP contribution in [0.1, 0.15) is 15.9 Å². The van der Waals surface area contributed by atoms with Crippen molar-refractivity contribution < 1.29 is 18.0 Å². The van der Waals surface area contributed by atoms with Crippen LogP contribution in [0.3, 0.4) is 0 Å². The molecule has 2 aromatic heterocycles.